The minimum absolute atomic E-state index is 0.312. The van der Waals surface area contributed by atoms with E-state index in [1.165, 1.54) is 0 Å². The third-order valence-electron chi connectivity index (χ3n) is 2.86. The number of hydrogen-bond acceptors (Lipinski definition) is 5. The van der Waals surface area contributed by atoms with Gasteiger partial charge in [0.05, 0.1) is 7.11 Å². The Morgan fingerprint density at radius 2 is 1.48 bits per heavy atom. The van der Waals surface area contributed by atoms with E-state index < -0.39 is 0 Å². The van der Waals surface area contributed by atoms with Crippen LogP contribution in [-0.4, -0.2) is 22.1 Å². The van der Waals surface area contributed by atoms with Gasteiger partial charge in [-0.2, -0.15) is 0 Å². The number of nitrogens with zero attached hydrogens (tertiary/aromatic N) is 3. The van der Waals surface area contributed by atoms with Crippen LogP contribution >= 0.6 is 0 Å². The first-order valence-electron chi connectivity index (χ1n) is 6.40. The number of rotatable bonds is 4. The van der Waals surface area contributed by atoms with Gasteiger partial charge in [-0.25, -0.2) is 15.0 Å². The summed E-state index contributed by atoms with van der Waals surface area (Å²) < 4.78 is 10.6. The second kappa shape index (κ2) is 6.00. The molecule has 0 atom stereocenters. The van der Waals surface area contributed by atoms with Crippen molar-refractivity contribution < 1.29 is 9.47 Å². The van der Waals surface area contributed by atoms with Gasteiger partial charge >= 0.3 is 6.01 Å². The maximum Gasteiger partial charge on any atom is 0.321 e. The highest BCUT2D eigenvalue weighted by molar-refractivity contribution is 5.60. The lowest BCUT2D eigenvalue weighted by atomic mass is 10.1. The summed E-state index contributed by atoms with van der Waals surface area (Å²) in [6.45, 7) is 0. The quantitative estimate of drug-likeness (QED) is 0.733. The van der Waals surface area contributed by atoms with Crippen LogP contribution in [0, 0.1) is 0 Å². The van der Waals surface area contributed by atoms with E-state index in [1.807, 2.05) is 36.4 Å². The van der Waals surface area contributed by atoms with Crippen LogP contribution < -0.4 is 9.47 Å². The van der Waals surface area contributed by atoms with Crippen molar-refractivity contribution in [3.63, 3.8) is 0 Å². The van der Waals surface area contributed by atoms with Gasteiger partial charge in [0.25, 0.3) is 0 Å². The summed E-state index contributed by atoms with van der Waals surface area (Å²) in [6, 6.07) is 13.4. The van der Waals surface area contributed by atoms with Crippen LogP contribution in [0.4, 0.5) is 0 Å². The van der Waals surface area contributed by atoms with Crippen molar-refractivity contribution in [2.24, 2.45) is 0 Å². The summed E-state index contributed by atoms with van der Waals surface area (Å²) in [6.07, 6.45) is 5.12. The average molecular weight is 279 g/mol. The van der Waals surface area contributed by atoms with Crippen LogP contribution in [-0.2, 0) is 0 Å². The van der Waals surface area contributed by atoms with Gasteiger partial charge in [-0.1, -0.05) is 18.2 Å². The van der Waals surface area contributed by atoms with Gasteiger partial charge < -0.3 is 9.47 Å². The molecule has 3 aromatic rings. The van der Waals surface area contributed by atoms with Gasteiger partial charge in [0, 0.05) is 35.8 Å². The Labute approximate surface area is 122 Å². The highest BCUT2D eigenvalue weighted by atomic mass is 16.5. The van der Waals surface area contributed by atoms with Gasteiger partial charge in [0.1, 0.15) is 5.75 Å². The normalized spacial score (nSPS) is 10.1. The lowest BCUT2D eigenvalue weighted by molar-refractivity contribution is 0.398. The summed E-state index contributed by atoms with van der Waals surface area (Å²) in [4.78, 5) is 12.6. The lowest BCUT2D eigenvalue weighted by Gasteiger charge is -2.05. The predicted molar refractivity (Wildman–Crippen MR) is 78.3 cm³/mol. The second-order valence-electron chi connectivity index (χ2n) is 4.26. The molecule has 2 heterocycles. The van der Waals surface area contributed by atoms with Crippen LogP contribution in [0.3, 0.4) is 0 Å². The van der Waals surface area contributed by atoms with E-state index in [-0.39, 0.29) is 0 Å². The Morgan fingerprint density at radius 1 is 0.762 bits per heavy atom. The molecule has 104 valence electrons. The van der Waals surface area contributed by atoms with E-state index >= 15 is 0 Å². The van der Waals surface area contributed by atoms with Gasteiger partial charge in [-0.15, -0.1) is 0 Å². The van der Waals surface area contributed by atoms with Crippen LogP contribution in [0.15, 0.2) is 61.1 Å². The summed E-state index contributed by atoms with van der Waals surface area (Å²) in [5.41, 5.74) is 1.78. The highest BCUT2D eigenvalue weighted by Crippen LogP contribution is 2.21. The fourth-order valence-corrected chi connectivity index (χ4v) is 1.78. The highest BCUT2D eigenvalue weighted by Gasteiger charge is 2.03. The predicted octanol–water partition coefficient (Wildman–Crippen LogP) is 3.34. The molecule has 0 saturated carbocycles. The first-order chi connectivity index (χ1) is 10.3. The second-order valence-corrected chi connectivity index (χ2v) is 4.26. The maximum absolute atomic E-state index is 5.55. The van der Waals surface area contributed by atoms with E-state index in [2.05, 4.69) is 15.0 Å². The number of benzene rings is 1. The van der Waals surface area contributed by atoms with Crippen molar-refractivity contribution in [2.45, 2.75) is 0 Å². The third-order valence-corrected chi connectivity index (χ3v) is 2.86. The van der Waals surface area contributed by atoms with Crippen molar-refractivity contribution in [1.82, 2.24) is 15.0 Å². The molecule has 0 unspecified atom stereocenters. The van der Waals surface area contributed by atoms with Crippen LogP contribution in [0.5, 0.6) is 17.6 Å². The zero-order chi connectivity index (χ0) is 14.5. The van der Waals surface area contributed by atoms with Crippen LogP contribution in [0.1, 0.15) is 0 Å². The number of aromatic nitrogens is 3. The van der Waals surface area contributed by atoms with Gasteiger partial charge in [0.15, 0.2) is 0 Å². The topological polar surface area (TPSA) is 57.1 Å². The summed E-state index contributed by atoms with van der Waals surface area (Å²) in [5.74, 6) is 1.28. The van der Waals surface area contributed by atoms with E-state index in [0.29, 0.717) is 17.6 Å². The molecule has 0 amide bonds. The first-order valence-corrected chi connectivity index (χ1v) is 6.40. The molecule has 21 heavy (non-hydrogen) atoms. The average Bonchev–Trinajstić information content (AvgIpc) is 2.57. The minimum atomic E-state index is 0.312. The molecule has 0 fully saturated rings. The first kappa shape index (κ1) is 13.1. The molecule has 3 rings (SSSR count). The van der Waals surface area contributed by atoms with Crippen molar-refractivity contribution in [3.05, 3.63) is 61.1 Å². The molecule has 0 radical (unpaired) electrons. The van der Waals surface area contributed by atoms with Crippen molar-refractivity contribution in [2.75, 3.05) is 7.11 Å². The zero-order valence-electron chi connectivity index (χ0n) is 11.4. The Hall–Kier alpha value is -2.95. The minimum Gasteiger partial charge on any atom is -0.481 e. The third kappa shape index (κ3) is 3.14. The largest absolute Gasteiger partial charge is 0.481 e. The molecule has 2 aromatic heterocycles. The number of ether oxygens (including phenoxy) is 2. The monoisotopic (exact) mass is 279 g/mol. The molecular formula is C16H13N3O2. The maximum atomic E-state index is 5.55. The fraction of sp³-hybridized carbons (Fsp3) is 0.0625. The molecule has 0 N–H and O–H groups in total. The Balaban J connectivity index is 1.77. The molecule has 0 saturated heterocycles. The van der Waals surface area contributed by atoms with Crippen molar-refractivity contribution in [3.8, 4) is 28.8 Å². The Morgan fingerprint density at radius 3 is 2.10 bits per heavy atom. The Bertz CT molecular complexity index is 698. The van der Waals surface area contributed by atoms with E-state index in [9.17, 15) is 0 Å². The number of methoxy groups -OCH3 is 1. The standard InChI is InChI=1S/C16H13N3O2/c1-20-15-8-7-12(9-17-15)13-10-18-16(19-11-13)21-14-5-3-2-4-6-14/h2-11H,1H3. The number of para-hydroxylation sites is 1. The number of hydrogen-bond donors (Lipinski definition) is 0. The van der Waals surface area contributed by atoms with Crippen molar-refractivity contribution in [1.29, 1.82) is 0 Å². The fourth-order valence-electron chi connectivity index (χ4n) is 1.78. The molecule has 0 aliphatic rings. The molecule has 1 aromatic carbocycles. The van der Waals surface area contributed by atoms with Gasteiger partial charge in [-0.05, 0) is 18.2 Å². The molecular weight excluding hydrogens is 266 g/mol. The number of pyridine rings is 1. The van der Waals surface area contributed by atoms with E-state index in [4.69, 9.17) is 9.47 Å². The van der Waals surface area contributed by atoms with Crippen LogP contribution in [0.2, 0.25) is 0 Å². The van der Waals surface area contributed by atoms with Crippen LogP contribution in [0.25, 0.3) is 11.1 Å². The van der Waals surface area contributed by atoms with E-state index in [0.717, 1.165) is 11.1 Å². The smallest absolute Gasteiger partial charge is 0.321 e. The molecule has 0 spiro atoms. The molecule has 0 bridgehead atoms. The SMILES string of the molecule is COc1ccc(-c2cnc(Oc3ccccc3)nc2)cn1. The molecule has 0 aliphatic heterocycles. The van der Waals surface area contributed by atoms with Crippen molar-refractivity contribution >= 4 is 0 Å². The summed E-state index contributed by atoms with van der Waals surface area (Å²) in [7, 11) is 1.58. The van der Waals surface area contributed by atoms with E-state index in [1.54, 1.807) is 31.8 Å². The molecule has 5 nitrogen and oxygen atoms in total. The lowest BCUT2D eigenvalue weighted by Crippen LogP contribution is -1.92. The summed E-state index contributed by atoms with van der Waals surface area (Å²) >= 11 is 0. The molecule has 0 aliphatic carbocycles. The summed E-state index contributed by atoms with van der Waals surface area (Å²) in [5, 5.41) is 0. The Kier molecular flexibility index (Phi) is 3.73. The van der Waals surface area contributed by atoms with Gasteiger partial charge in [0.2, 0.25) is 5.88 Å². The molecule has 5 heteroatoms. The zero-order valence-corrected chi connectivity index (χ0v) is 11.4. The van der Waals surface area contributed by atoms with Gasteiger partial charge in [-0.3, -0.25) is 0 Å².